The highest BCUT2D eigenvalue weighted by Gasteiger charge is 2.34. The lowest BCUT2D eigenvalue weighted by atomic mass is 9.88. The van der Waals surface area contributed by atoms with E-state index in [-0.39, 0.29) is 18.3 Å². The lowest BCUT2D eigenvalue weighted by molar-refractivity contribution is -0.137. The predicted octanol–water partition coefficient (Wildman–Crippen LogP) is 4.44. The van der Waals surface area contributed by atoms with Gasteiger partial charge in [0.05, 0.1) is 18.6 Å². The highest BCUT2D eigenvalue weighted by atomic mass is 35.5. The molecule has 0 aliphatic heterocycles. The summed E-state index contributed by atoms with van der Waals surface area (Å²) >= 11 is 6.31. The Hall–Kier alpha value is -1.22. The van der Waals surface area contributed by atoms with E-state index >= 15 is 0 Å². The zero-order chi connectivity index (χ0) is 14.9. The molecule has 20 heavy (non-hydrogen) atoms. The molecule has 110 valence electrons. The minimum Gasteiger partial charge on any atom is -0.495 e. The molecular formula is C16H21ClO3. The van der Waals surface area contributed by atoms with Crippen molar-refractivity contribution in [2.24, 2.45) is 5.92 Å². The monoisotopic (exact) mass is 296 g/mol. The van der Waals surface area contributed by atoms with Crippen LogP contribution in [0.1, 0.15) is 56.1 Å². The summed E-state index contributed by atoms with van der Waals surface area (Å²) < 4.78 is 5.38. The van der Waals surface area contributed by atoms with Crippen LogP contribution in [0, 0.1) is 5.92 Å². The van der Waals surface area contributed by atoms with Crippen molar-refractivity contribution in [3.8, 4) is 5.75 Å². The number of carbonyl (C=O) groups is 1. The molecule has 3 nitrogen and oxygen atoms in total. The Balaban J connectivity index is 2.42. The maximum absolute atomic E-state index is 11.1. The van der Waals surface area contributed by atoms with Gasteiger partial charge in [-0.25, -0.2) is 0 Å². The molecule has 4 heteroatoms. The molecule has 0 amide bonds. The SMILES string of the molecule is COc1c(Cl)cc(C(CC(=O)O)C2CC2)cc1C(C)C. The van der Waals surface area contributed by atoms with Gasteiger partial charge < -0.3 is 9.84 Å². The molecule has 1 N–H and O–H groups in total. The molecule has 1 fully saturated rings. The van der Waals surface area contributed by atoms with Crippen LogP contribution in [-0.2, 0) is 4.79 Å². The van der Waals surface area contributed by atoms with Crippen molar-refractivity contribution < 1.29 is 14.6 Å². The fourth-order valence-corrected chi connectivity index (χ4v) is 3.05. The van der Waals surface area contributed by atoms with Crippen LogP contribution in [0.5, 0.6) is 5.75 Å². The number of aliphatic carboxylic acids is 1. The second kappa shape index (κ2) is 6.04. The summed E-state index contributed by atoms with van der Waals surface area (Å²) in [6.07, 6.45) is 2.39. The fraction of sp³-hybridized carbons (Fsp3) is 0.562. The van der Waals surface area contributed by atoms with Crippen LogP contribution in [0.3, 0.4) is 0 Å². The standard InChI is InChI=1S/C16H21ClO3/c1-9(2)12-6-11(7-14(17)16(12)20-3)13(8-15(18)19)10-4-5-10/h6-7,9-10,13H,4-5,8H2,1-3H3,(H,18,19). The third-order valence-electron chi connectivity index (χ3n) is 3.93. The first kappa shape index (κ1) is 15.2. The molecule has 0 spiro atoms. The van der Waals surface area contributed by atoms with Gasteiger partial charge in [-0.15, -0.1) is 0 Å². The topological polar surface area (TPSA) is 46.5 Å². The molecular weight excluding hydrogens is 276 g/mol. The fourth-order valence-electron chi connectivity index (χ4n) is 2.74. The Morgan fingerprint density at radius 2 is 2.10 bits per heavy atom. The van der Waals surface area contributed by atoms with Crippen molar-refractivity contribution in [3.05, 3.63) is 28.3 Å². The van der Waals surface area contributed by atoms with Crippen molar-refractivity contribution in [2.75, 3.05) is 7.11 Å². The van der Waals surface area contributed by atoms with Gasteiger partial charge in [-0.3, -0.25) is 4.79 Å². The zero-order valence-corrected chi connectivity index (χ0v) is 12.9. The second-order valence-corrected chi connectivity index (χ2v) is 6.23. The Kier molecular flexibility index (Phi) is 4.59. The molecule has 1 aromatic rings. The van der Waals surface area contributed by atoms with Gasteiger partial charge in [-0.1, -0.05) is 31.5 Å². The number of carboxylic acids is 1. The van der Waals surface area contributed by atoms with Crippen LogP contribution in [0.25, 0.3) is 0 Å². The zero-order valence-electron chi connectivity index (χ0n) is 12.1. The number of methoxy groups -OCH3 is 1. The summed E-state index contributed by atoms with van der Waals surface area (Å²) in [6, 6.07) is 3.94. The van der Waals surface area contributed by atoms with E-state index in [4.69, 9.17) is 21.4 Å². The summed E-state index contributed by atoms with van der Waals surface area (Å²) in [5, 5.41) is 9.69. The normalized spacial score (nSPS) is 16.2. The maximum Gasteiger partial charge on any atom is 0.303 e. The van der Waals surface area contributed by atoms with Crippen molar-refractivity contribution in [2.45, 2.75) is 44.9 Å². The minimum absolute atomic E-state index is 0.0633. The molecule has 0 bridgehead atoms. The van der Waals surface area contributed by atoms with E-state index in [1.807, 2.05) is 6.07 Å². The van der Waals surface area contributed by atoms with E-state index in [0.29, 0.717) is 16.7 Å². The van der Waals surface area contributed by atoms with Crippen molar-refractivity contribution in [3.63, 3.8) is 0 Å². The van der Waals surface area contributed by atoms with Gasteiger partial charge in [-0.2, -0.15) is 0 Å². The van der Waals surface area contributed by atoms with E-state index in [2.05, 4.69) is 19.9 Å². The Bertz CT molecular complexity index is 507. The first-order valence-electron chi connectivity index (χ1n) is 7.03. The van der Waals surface area contributed by atoms with Crippen LogP contribution in [0.4, 0.5) is 0 Å². The van der Waals surface area contributed by atoms with Crippen LogP contribution in [0.2, 0.25) is 5.02 Å². The molecule has 1 aliphatic rings. The van der Waals surface area contributed by atoms with Gasteiger partial charge in [-0.05, 0) is 47.8 Å². The molecule has 2 rings (SSSR count). The molecule has 1 aliphatic carbocycles. The van der Waals surface area contributed by atoms with E-state index in [1.54, 1.807) is 7.11 Å². The summed E-state index contributed by atoms with van der Waals surface area (Å²) in [6.45, 7) is 4.17. The number of rotatable bonds is 6. The molecule has 0 saturated heterocycles. The highest BCUT2D eigenvalue weighted by molar-refractivity contribution is 6.32. The highest BCUT2D eigenvalue weighted by Crippen LogP contribution is 2.47. The van der Waals surface area contributed by atoms with Gasteiger partial charge in [0.2, 0.25) is 0 Å². The number of carboxylic acid groups (broad SMARTS) is 1. The molecule has 0 radical (unpaired) electrons. The van der Waals surface area contributed by atoms with Crippen LogP contribution >= 0.6 is 11.6 Å². The molecule has 1 atom stereocenters. The lowest BCUT2D eigenvalue weighted by Crippen LogP contribution is -2.09. The number of hydrogen-bond donors (Lipinski definition) is 1. The van der Waals surface area contributed by atoms with Crippen molar-refractivity contribution in [1.29, 1.82) is 0 Å². The van der Waals surface area contributed by atoms with E-state index in [9.17, 15) is 4.79 Å². The van der Waals surface area contributed by atoms with Crippen LogP contribution < -0.4 is 4.74 Å². The molecule has 1 saturated carbocycles. The van der Waals surface area contributed by atoms with Gasteiger partial charge in [0.25, 0.3) is 0 Å². The second-order valence-electron chi connectivity index (χ2n) is 5.82. The first-order chi connectivity index (χ1) is 9.43. The van der Waals surface area contributed by atoms with Gasteiger partial charge in [0.15, 0.2) is 0 Å². The first-order valence-corrected chi connectivity index (χ1v) is 7.41. The largest absolute Gasteiger partial charge is 0.495 e. The summed E-state index contributed by atoms with van der Waals surface area (Å²) in [7, 11) is 1.61. The quantitative estimate of drug-likeness (QED) is 0.844. The predicted molar refractivity (Wildman–Crippen MR) is 79.8 cm³/mol. The number of ether oxygens (including phenoxy) is 1. The molecule has 0 aromatic heterocycles. The summed E-state index contributed by atoms with van der Waals surface area (Å²) in [5.41, 5.74) is 2.08. The molecule has 0 heterocycles. The summed E-state index contributed by atoms with van der Waals surface area (Å²) in [4.78, 5) is 11.1. The number of halogens is 1. The Labute approximate surface area is 124 Å². The summed E-state index contributed by atoms with van der Waals surface area (Å²) in [5.74, 6) is 0.784. The third-order valence-corrected chi connectivity index (χ3v) is 4.22. The van der Waals surface area contributed by atoms with Gasteiger partial charge in [0, 0.05) is 0 Å². The molecule has 1 aromatic carbocycles. The lowest BCUT2D eigenvalue weighted by Gasteiger charge is -2.20. The van der Waals surface area contributed by atoms with E-state index in [0.717, 1.165) is 24.0 Å². The molecule has 1 unspecified atom stereocenters. The van der Waals surface area contributed by atoms with Crippen molar-refractivity contribution in [1.82, 2.24) is 0 Å². The smallest absolute Gasteiger partial charge is 0.303 e. The van der Waals surface area contributed by atoms with Crippen LogP contribution in [-0.4, -0.2) is 18.2 Å². The van der Waals surface area contributed by atoms with Crippen molar-refractivity contribution >= 4 is 17.6 Å². The van der Waals surface area contributed by atoms with Gasteiger partial charge in [0.1, 0.15) is 5.75 Å². The van der Waals surface area contributed by atoms with Crippen LogP contribution in [0.15, 0.2) is 12.1 Å². The average Bonchev–Trinajstić information content (AvgIpc) is 3.18. The number of hydrogen-bond acceptors (Lipinski definition) is 2. The van der Waals surface area contributed by atoms with E-state index < -0.39 is 5.97 Å². The third kappa shape index (κ3) is 3.26. The minimum atomic E-state index is -0.750. The van der Waals surface area contributed by atoms with Gasteiger partial charge >= 0.3 is 5.97 Å². The Morgan fingerprint density at radius 1 is 1.45 bits per heavy atom. The number of benzene rings is 1. The van der Waals surface area contributed by atoms with E-state index in [1.165, 1.54) is 0 Å². The average molecular weight is 297 g/mol. The Morgan fingerprint density at radius 3 is 2.55 bits per heavy atom. The maximum atomic E-state index is 11.1.